The average Bonchev–Trinajstić information content (AvgIpc) is 2.76. The molecule has 0 radical (unpaired) electrons. The third-order valence-electron chi connectivity index (χ3n) is 8.02. The molecule has 2 heterocycles. The summed E-state index contributed by atoms with van der Waals surface area (Å²) >= 11 is 0. The Morgan fingerprint density at radius 2 is 1.91 bits per heavy atom. The summed E-state index contributed by atoms with van der Waals surface area (Å²) < 4.78 is 19.8. The molecule has 5 heteroatoms. The van der Waals surface area contributed by atoms with Crippen molar-refractivity contribution in [1.29, 1.82) is 0 Å². The van der Waals surface area contributed by atoms with Crippen molar-refractivity contribution in [2.75, 3.05) is 32.8 Å². The van der Waals surface area contributed by atoms with Crippen LogP contribution in [0.4, 0.5) is 4.39 Å². The molecule has 4 rings (SSSR count). The smallest absolute Gasteiger partial charge is 0.220 e. The lowest BCUT2D eigenvalue weighted by molar-refractivity contribution is -0.123. The van der Waals surface area contributed by atoms with E-state index in [1.54, 1.807) is 12.1 Å². The molecule has 4 nitrogen and oxygen atoms in total. The van der Waals surface area contributed by atoms with Crippen LogP contribution in [0.15, 0.2) is 18.2 Å². The fourth-order valence-corrected chi connectivity index (χ4v) is 5.84. The number of halogens is 1. The Balaban J connectivity index is 0.00000306. The highest BCUT2D eigenvalue weighted by Crippen LogP contribution is 2.48. The van der Waals surface area contributed by atoms with Gasteiger partial charge in [0.2, 0.25) is 5.91 Å². The molecule has 2 aliphatic heterocycles. The van der Waals surface area contributed by atoms with Crippen molar-refractivity contribution in [3.05, 3.63) is 35.1 Å². The van der Waals surface area contributed by atoms with Gasteiger partial charge in [-0.1, -0.05) is 26.8 Å². The van der Waals surface area contributed by atoms with Crippen LogP contribution in [0.1, 0.15) is 90.7 Å². The number of nitrogens with one attached hydrogen (secondary N) is 1. The molecule has 2 fully saturated rings. The van der Waals surface area contributed by atoms with Crippen LogP contribution in [0.25, 0.3) is 0 Å². The topological polar surface area (TPSA) is 41.6 Å². The van der Waals surface area contributed by atoms with Gasteiger partial charge in [0.15, 0.2) is 0 Å². The summed E-state index contributed by atoms with van der Waals surface area (Å²) in [4.78, 5) is 15.4. The molecule has 3 aliphatic rings. The van der Waals surface area contributed by atoms with Crippen LogP contribution in [-0.4, -0.2) is 43.7 Å². The first-order chi connectivity index (χ1) is 15.2. The minimum atomic E-state index is -0.160. The summed E-state index contributed by atoms with van der Waals surface area (Å²) in [5.41, 5.74) is 2.69. The van der Waals surface area contributed by atoms with E-state index in [1.165, 1.54) is 6.42 Å². The Hall–Kier alpha value is -1.46. The zero-order chi connectivity index (χ0) is 22.8. The lowest BCUT2D eigenvalue weighted by atomic mass is 9.63. The van der Waals surface area contributed by atoms with E-state index in [0.717, 1.165) is 82.5 Å². The minimum Gasteiger partial charge on any atom is -0.381 e. The maximum Gasteiger partial charge on any atom is 0.220 e. The van der Waals surface area contributed by atoms with Gasteiger partial charge in [-0.3, -0.25) is 4.79 Å². The first-order valence-corrected chi connectivity index (χ1v) is 12.6. The second kappa shape index (κ2) is 9.80. The van der Waals surface area contributed by atoms with Crippen LogP contribution in [0.5, 0.6) is 0 Å². The third kappa shape index (κ3) is 5.72. The third-order valence-corrected chi connectivity index (χ3v) is 8.02. The summed E-state index contributed by atoms with van der Waals surface area (Å²) in [6, 6.07) is 5.25. The van der Waals surface area contributed by atoms with Gasteiger partial charge in [0.05, 0.1) is 6.04 Å². The number of hydrogen-bond donors (Lipinski definition) is 1. The summed E-state index contributed by atoms with van der Waals surface area (Å²) in [6.45, 7) is 11.7. The number of amides is 1. The molecule has 1 spiro atoms. The van der Waals surface area contributed by atoms with E-state index in [-0.39, 0.29) is 24.6 Å². The molecular formula is C27H43FN2O2. The molecule has 0 unspecified atom stereocenters. The molecule has 180 valence electrons. The summed E-state index contributed by atoms with van der Waals surface area (Å²) in [5.74, 6) is 0.390. The molecule has 2 saturated heterocycles. The molecular weight excluding hydrogens is 403 g/mol. The minimum absolute atomic E-state index is 0. The average molecular weight is 447 g/mol. The predicted octanol–water partition coefficient (Wildman–Crippen LogP) is 5.61. The van der Waals surface area contributed by atoms with Crippen LogP contribution in [0.3, 0.4) is 0 Å². The summed E-state index contributed by atoms with van der Waals surface area (Å²) in [5, 5.41) is 3.30. The number of ether oxygens (including phenoxy) is 1. The standard InChI is InChI=1S/C27H41FN2O2.H2/c1-26(2,3)10-13-30-14-11-27(12-15-30)9-6-24(22-5-4-21(28)19-23(22)27)29-25(31)18-20-7-16-32-17-8-20;/h4-5,19-20,24H,6-18H2,1-3H3,(H,29,31);1H/t24-;/m0./s1. The van der Waals surface area contributed by atoms with Gasteiger partial charge in [0, 0.05) is 21.1 Å². The Bertz CT molecular complexity index is 796. The molecule has 1 amide bonds. The molecule has 0 saturated carbocycles. The highest BCUT2D eigenvalue weighted by Gasteiger charge is 2.42. The summed E-state index contributed by atoms with van der Waals surface area (Å²) in [7, 11) is 0. The van der Waals surface area contributed by atoms with Gasteiger partial charge in [-0.05, 0) is 105 Å². The van der Waals surface area contributed by atoms with Crippen molar-refractivity contribution in [3.63, 3.8) is 0 Å². The number of carbonyl (C=O) groups excluding carboxylic acids is 1. The van der Waals surface area contributed by atoms with Gasteiger partial charge >= 0.3 is 0 Å². The predicted molar refractivity (Wildman–Crippen MR) is 128 cm³/mol. The first-order valence-electron chi connectivity index (χ1n) is 12.6. The second-order valence-electron chi connectivity index (χ2n) is 11.6. The molecule has 0 aromatic heterocycles. The van der Waals surface area contributed by atoms with Crippen LogP contribution < -0.4 is 5.32 Å². The van der Waals surface area contributed by atoms with Gasteiger partial charge < -0.3 is 15.0 Å². The Kier molecular flexibility index (Phi) is 7.26. The van der Waals surface area contributed by atoms with Gasteiger partial charge in [-0.15, -0.1) is 0 Å². The van der Waals surface area contributed by atoms with Crippen molar-refractivity contribution in [3.8, 4) is 0 Å². The lowest BCUT2D eigenvalue weighted by Crippen LogP contribution is -2.47. The SMILES string of the molecule is CC(C)(C)CCN1CCC2(CC[C@H](NC(=O)CC3CCOCC3)c3ccc(F)cc32)CC1.[HH]. The highest BCUT2D eigenvalue weighted by molar-refractivity contribution is 5.77. The molecule has 0 bridgehead atoms. The highest BCUT2D eigenvalue weighted by atomic mass is 19.1. The molecule has 1 N–H and O–H groups in total. The monoisotopic (exact) mass is 446 g/mol. The normalized spacial score (nSPS) is 24.3. The first kappa shape index (κ1) is 23.7. The fraction of sp³-hybridized carbons (Fsp3) is 0.741. The quantitative estimate of drug-likeness (QED) is 0.639. The van der Waals surface area contributed by atoms with E-state index in [4.69, 9.17) is 4.74 Å². The van der Waals surface area contributed by atoms with Crippen molar-refractivity contribution in [2.24, 2.45) is 11.3 Å². The number of nitrogens with zero attached hydrogens (tertiary/aromatic N) is 1. The number of carbonyl (C=O) groups is 1. The maximum atomic E-state index is 14.4. The van der Waals surface area contributed by atoms with E-state index in [0.29, 0.717) is 17.8 Å². The van der Waals surface area contributed by atoms with E-state index >= 15 is 0 Å². The van der Waals surface area contributed by atoms with Crippen molar-refractivity contribution < 1.29 is 15.3 Å². The summed E-state index contributed by atoms with van der Waals surface area (Å²) in [6.07, 6.45) is 7.84. The van der Waals surface area contributed by atoms with Gasteiger partial charge in [-0.25, -0.2) is 4.39 Å². The number of rotatable bonds is 5. The molecule has 1 atom stereocenters. The van der Waals surface area contributed by atoms with E-state index < -0.39 is 0 Å². The number of piperidine rings is 1. The van der Waals surface area contributed by atoms with Crippen LogP contribution in [-0.2, 0) is 14.9 Å². The van der Waals surface area contributed by atoms with E-state index in [9.17, 15) is 9.18 Å². The Labute approximate surface area is 194 Å². The van der Waals surface area contributed by atoms with Gasteiger partial charge in [-0.2, -0.15) is 0 Å². The van der Waals surface area contributed by atoms with Crippen molar-refractivity contribution in [2.45, 2.75) is 83.6 Å². The van der Waals surface area contributed by atoms with E-state index in [1.807, 2.05) is 6.07 Å². The number of likely N-dealkylation sites (tertiary alicyclic amines) is 1. The van der Waals surface area contributed by atoms with Crippen LogP contribution in [0.2, 0.25) is 0 Å². The fourth-order valence-electron chi connectivity index (χ4n) is 5.84. The molecule has 1 aromatic carbocycles. The second-order valence-corrected chi connectivity index (χ2v) is 11.6. The van der Waals surface area contributed by atoms with Gasteiger partial charge in [0.1, 0.15) is 5.82 Å². The lowest BCUT2D eigenvalue weighted by Gasteiger charge is -2.47. The number of hydrogen-bond acceptors (Lipinski definition) is 3. The zero-order valence-electron chi connectivity index (χ0n) is 20.2. The van der Waals surface area contributed by atoms with Crippen molar-refractivity contribution >= 4 is 5.91 Å². The molecule has 1 aromatic rings. The van der Waals surface area contributed by atoms with E-state index in [2.05, 4.69) is 31.0 Å². The van der Waals surface area contributed by atoms with Crippen LogP contribution in [0, 0.1) is 17.2 Å². The largest absolute Gasteiger partial charge is 0.381 e. The number of fused-ring (bicyclic) bond motifs is 2. The van der Waals surface area contributed by atoms with Gasteiger partial charge in [0.25, 0.3) is 0 Å². The Morgan fingerprint density at radius 3 is 2.59 bits per heavy atom. The molecule has 1 aliphatic carbocycles. The zero-order valence-corrected chi connectivity index (χ0v) is 20.2. The Morgan fingerprint density at radius 1 is 1.19 bits per heavy atom. The van der Waals surface area contributed by atoms with Crippen LogP contribution >= 0.6 is 0 Å². The molecule has 32 heavy (non-hydrogen) atoms. The van der Waals surface area contributed by atoms with Crippen molar-refractivity contribution in [1.82, 2.24) is 10.2 Å². The maximum absolute atomic E-state index is 14.4. The number of benzene rings is 1.